The predicted octanol–water partition coefficient (Wildman–Crippen LogP) is 4.39. The maximum absolute atomic E-state index is 6.02. The topological polar surface area (TPSA) is 37.2 Å². The molecule has 0 saturated heterocycles. The van der Waals surface area contributed by atoms with Crippen LogP contribution in [0, 0.1) is 6.92 Å². The lowest BCUT2D eigenvalue weighted by Gasteiger charge is -2.44. The molecule has 4 rings (SSSR count). The Labute approximate surface area is 119 Å². The van der Waals surface area contributed by atoms with E-state index < -0.39 is 0 Å². The van der Waals surface area contributed by atoms with Gasteiger partial charge in [0.1, 0.15) is 11.3 Å². The molecule has 0 unspecified atom stereocenters. The Balaban J connectivity index is 2.01. The molecule has 1 saturated carbocycles. The minimum atomic E-state index is -0.000278. The molecule has 2 aliphatic rings. The monoisotopic (exact) mass is 268 g/mol. The van der Waals surface area contributed by atoms with E-state index in [9.17, 15) is 0 Å². The molecule has 3 heteroatoms. The fourth-order valence-electron chi connectivity index (χ4n) is 3.89. The molecule has 0 atom stereocenters. The molecule has 2 N–H and O–H groups in total. The zero-order valence-corrected chi connectivity index (χ0v) is 11.9. The van der Waals surface area contributed by atoms with Crippen LogP contribution < -0.4 is 10.6 Å². The van der Waals surface area contributed by atoms with Crippen molar-refractivity contribution in [1.82, 2.24) is 5.32 Å². The second kappa shape index (κ2) is 4.05. The normalized spacial score (nSPS) is 20.6. The van der Waals surface area contributed by atoms with Crippen molar-refractivity contribution in [3.8, 4) is 0 Å². The smallest absolute Gasteiger partial charge is 0.141 e. The van der Waals surface area contributed by atoms with Crippen LogP contribution in [-0.2, 0) is 5.54 Å². The third kappa shape index (κ3) is 1.59. The van der Waals surface area contributed by atoms with Crippen LogP contribution in [0.5, 0.6) is 0 Å². The molecule has 0 amide bonds. The molecule has 0 radical (unpaired) electrons. The number of furan rings is 1. The lowest BCUT2D eigenvalue weighted by molar-refractivity contribution is 0.250. The summed E-state index contributed by atoms with van der Waals surface area (Å²) in [6.45, 7) is 6.11. The molecule has 1 aromatic carbocycles. The van der Waals surface area contributed by atoms with Gasteiger partial charge in [-0.15, -0.1) is 0 Å². The molecule has 1 spiro atoms. The van der Waals surface area contributed by atoms with E-state index in [2.05, 4.69) is 35.4 Å². The van der Waals surface area contributed by atoms with Crippen LogP contribution in [0.3, 0.4) is 0 Å². The van der Waals surface area contributed by atoms with Crippen LogP contribution in [0.25, 0.3) is 11.0 Å². The van der Waals surface area contributed by atoms with Gasteiger partial charge in [0.2, 0.25) is 0 Å². The quantitative estimate of drug-likeness (QED) is 0.744. The van der Waals surface area contributed by atoms with Gasteiger partial charge in [-0.3, -0.25) is 0 Å². The van der Waals surface area contributed by atoms with Crippen LogP contribution in [-0.4, -0.2) is 0 Å². The summed E-state index contributed by atoms with van der Waals surface area (Å²) in [6.07, 6.45) is 6.15. The van der Waals surface area contributed by atoms with Crippen molar-refractivity contribution in [1.29, 1.82) is 0 Å². The average Bonchev–Trinajstić information content (AvgIpc) is 2.79. The summed E-state index contributed by atoms with van der Waals surface area (Å²) in [6, 6.07) is 6.41. The highest BCUT2D eigenvalue weighted by molar-refractivity contribution is 5.88. The van der Waals surface area contributed by atoms with Crippen LogP contribution in [0.1, 0.15) is 43.4 Å². The molecule has 0 bridgehead atoms. The minimum absolute atomic E-state index is 0.000278. The van der Waals surface area contributed by atoms with Gasteiger partial charge in [0.15, 0.2) is 0 Å². The van der Waals surface area contributed by atoms with Gasteiger partial charge in [-0.05, 0) is 38.0 Å². The number of anilines is 1. The van der Waals surface area contributed by atoms with Crippen molar-refractivity contribution in [2.24, 2.45) is 0 Å². The van der Waals surface area contributed by atoms with Gasteiger partial charge in [0.25, 0.3) is 0 Å². The highest BCUT2D eigenvalue weighted by atomic mass is 16.3. The maximum Gasteiger partial charge on any atom is 0.141 e. The van der Waals surface area contributed by atoms with Crippen LogP contribution in [0.4, 0.5) is 5.69 Å². The molecule has 1 fully saturated rings. The number of aryl methyl sites for hydroxylation is 1. The molecule has 1 aromatic heterocycles. The van der Waals surface area contributed by atoms with Crippen molar-refractivity contribution in [2.45, 2.75) is 44.6 Å². The van der Waals surface area contributed by atoms with Gasteiger partial charge in [-0.1, -0.05) is 25.8 Å². The molecule has 104 valence electrons. The largest absolute Gasteiger partial charge is 0.461 e. The second-order valence-corrected chi connectivity index (χ2v) is 6.13. The average molecular weight is 268 g/mol. The molecule has 1 aliphatic carbocycles. The maximum atomic E-state index is 6.02. The highest BCUT2D eigenvalue weighted by Gasteiger charge is 2.41. The standard InChI is InChI=1S/C17H20N2O/c1-11-10-13-6-7-14-15(16(13)20-11)17(19-12(2)18-14)8-4-3-5-9-17/h6-7,10,18-19H,2-5,8-9H2,1H3. The summed E-state index contributed by atoms with van der Waals surface area (Å²) >= 11 is 0. The van der Waals surface area contributed by atoms with Crippen LogP contribution in [0.2, 0.25) is 0 Å². The number of hydrogen-bond donors (Lipinski definition) is 2. The van der Waals surface area contributed by atoms with Gasteiger partial charge < -0.3 is 15.1 Å². The summed E-state index contributed by atoms with van der Waals surface area (Å²) in [7, 11) is 0. The van der Waals surface area contributed by atoms with Gasteiger partial charge >= 0.3 is 0 Å². The van der Waals surface area contributed by atoms with E-state index in [1.54, 1.807) is 0 Å². The molecular formula is C17H20N2O. The van der Waals surface area contributed by atoms with Crippen molar-refractivity contribution in [2.75, 3.05) is 5.32 Å². The number of nitrogens with one attached hydrogen (secondary N) is 2. The van der Waals surface area contributed by atoms with Gasteiger partial charge in [-0.2, -0.15) is 0 Å². The lowest BCUT2D eigenvalue weighted by atomic mass is 9.74. The Hall–Kier alpha value is -1.90. The molecule has 2 aromatic rings. The fourth-order valence-corrected chi connectivity index (χ4v) is 3.89. The summed E-state index contributed by atoms with van der Waals surface area (Å²) in [5.41, 5.74) is 3.49. The molecule has 3 nitrogen and oxygen atoms in total. The zero-order valence-electron chi connectivity index (χ0n) is 11.9. The Kier molecular flexibility index (Phi) is 2.40. The number of fused-ring (bicyclic) bond motifs is 4. The van der Waals surface area contributed by atoms with E-state index in [4.69, 9.17) is 4.42 Å². The van der Waals surface area contributed by atoms with E-state index in [-0.39, 0.29) is 5.54 Å². The molecular weight excluding hydrogens is 248 g/mol. The van der Waals surface area contributed by atoms with Crippen LogP contribution >= 0.6 is 0 Å². The molecule has 1 aliphatic heterocycles. The Bertz CT molecular complexity index is 692. The third-order valence-electron chi connectivity index (χ3n) is 4.67. The second-order valence-electron chi connectivity index (χ2n) is 6.13. The number of hydrogen-bond acceptors (Lipinski definition) is 3. The molecule has 2 heterocycles. The van der Waals surface area contributed by atoms with Crippen molar-refractivity contribution in [3.05, 3.63) is 41.9 Å². The minimum Gasteiger partial charge on any atom is -0.461 e. The zero-order chi connectivity index (χ0) is 13.7. The predicted molar refractivity (Wildman–Crippen MR) is 81.6 cm³/mol. The first-order valence-electron chi connectivity index (χ1n) is 7.46. The lowest BCUT2D eigenvalue weighted by Crippen LogP contribution is -2.48. The summed E-state index contributed by atoms with van der Waals surface area (Å²) < 4.78 is 6.02. The van der Waals surface area contributed by atoms with Crippen molar-refractivity contribution < 1.29 is 4.42 Å². The first kappa shape index (κ1) is 11.9. The highest BCUT2D eigenvalue weighted by Crippen LogP contribution is 2.47. The van der Waals surface area contributed by atoms with E-state index in [1.807, 2.05) is 6.92 Å². The summed E-state index contributed by atoms with van der Waals surface area (Å²) in [5, 5.41) is 8.19. The summed E-state index contributed by atoms with van der Waals surface area (Å²) in [5.74, 6) is 1.88. The van der Waals surface area contributed by atoms with Crippen molar-refractivity contribution in [3.63, 3.8) is 0 Å². The van der Waals surface area contributed by atoms with Crippen LogP contribution in [0.15, 0.2) is 35.0 Å². The van der Waals surface area contributed by atoms with E-state index in [0.29, 0.717) is 0 Å². The van der Waals surface area contributed by atoms with Gasteiger partial charge in [0.05, 0.1) is 11.4 Å². The molecule has 20 heavy (non-hydrogen) atoms. The van der Waals surface area contributed by atoms with Crippen molar-refractivity contribution >= 4 is 16.7 Å². The fraction of sp³-hybridized carbons (Fsp3) is 0.412. The Morgan fingerprint density at radius 1 is 1.20 bits per heavy atom. The third-order valence-corrected chi connectivity index (χ3v) is 4.67. The SMILES string of the molecule is C=C1Nc2ccc3cc(C)oc3c2C2(CCCCC2)N1. The number of benzene rings is 1. The van der Waals surface area contributed by atoms with Gasteiger partial charge in [0, 0.05) is 16.6 Å². The first-order chi connectivity index (χ1) is 9.68. The van der Waals surface area contributed by atoms with E-state index >= 15 is 0 Å². The van der Waals surface area contributed by atoms with Gasteiger partial charge in [-0.25, -0.2) is 0 Å². The number of rotatable bonds is 0. The Morgan fingerprint density at radius 3 is 2.80 bits per heavy atom. The Morgan fingerprint density at radius 2 is 2.00 bits per heavy atom. The first-order valence-corrected chi connectivity index (χ1v) is 7.46. The van der Waals surface area contributed by atoms with E-state index in [1.165, 1.54) is 30.2 Å². The summed E-state index contributed by atoms with van der Waals surface area (Å²) in [4.78, 5) is 0. The van der Waals surface area contributed by atoms with E-state index in [0.717, 1.165) is 35.7 Å².